The Balaban J connectivity index is 1.77. The van der Waals surface area contributed by atoms with Gasteiger partial charge in [-0.25, -0.2) is 0 Å². The molecular weight excluding hydrogens is 402 g/mol. The molecule has 0 saturated heterocycles. The Kier molecular flexibility index (Phi) is 9.29. The van der Waals surface area contributed by atoms with Gasteiger partial charge in [-0.05, 0) is 60.2 Å². The molecule has 0 aliphatic carbocycles. The highest BCUT2D eigenvalue weighted by molar-refractivity contribution is 5.58. The van der Waals surface area contributed by atoms with Crippen molar-refractivity contribution in [1.29, 1.82) is 0 Å². The molecule has 1 N–H and O–H groups in total. The first-order chi connectivity index (χ1) is 15.7. The Labute approximate surface area is 192 Å². The third-order valence-corrected chi connectivity index (χ3v) is 5.70. The molecule has 1 aliphatic rings. The summed E-state index contributed by atoms with van der Waals surface area (Å²) in [5.74, 6) is 3.18. The highest BCUT2D eigenvalue weighted by Crippen LogP contribution is 2.36. The molecule has 2 aromatic rings. The van der Waals surface area contributed by atoms with Crippen molar-refractivity contribution in [2.24, 2.45) is 0 Å². The van der Waals surface area contributed by atoms with Gasteiger partial charge in [-0.1, -0.05) is 44.9 Å². The Morgan fingerprint density at radius 1 is 0.875 bits per heavy atom. The van der Waals surface area contributed by atoms with E-state index in [9.17, 15) is 0 Å². The molecule has 0 amide bonds. The summed E-state index contributed by atoms with van der Waals surface area (Å²) in [7, 11) is 3.38. The van der Waals surface area contributed by atoms with Crippen LogP contribution in [0.4, 0.5) is 0 Å². The molecule has 1 aliphatic heterocycles. The zero-order chi connectivity index (χ0) is 22.8. The van der Waals surface area contributed by atoms with Crippen molar-refractivity contribution in [1.82, 2.24) is 5.32 Å². The molecule has 1 atom stereocenters. The van der Waals surface area contributed by atoms with E-state index in [2.05, 4.69) is 49.5 Å². The number of ether oxygens (including phenoxy) is 4. The Morgan fingerprint density at radius 2 is 1.56 bits per heavy atom. The van der Waals surface area contributed by atoms with Gasteiger partial charge in [0.15, 0.2) is 23.0 Å². The van der Waals surface area contributed by atoms with E-state index in [1.807, 2.05) is 12.1 Å². The summed E-state index contributed by atoms with van der Waals surface area (Å²) in [6, 6.07) is 10.4. The first-order valence-electron chi connectivity index (χ1n) is 11.8. The highest BCUT2D eigenvalue weighted by atomic mass is 16.5. The van der Waals surface area contributed by atoms with Gasteiger partial charge < -0.3 is 24.3 Å². The van der Waals surface area contributed by atoms with Crippen LogP contribution in [0.1, 0.15) is 62.3 Å². The Bertz CT molecular complexity index is 893. The van der Waals surface area contributed by atoms with Crippen molar-refractivity contribution in [3.8, 4) is 23.0 Å². The van der Waals surface area contributed by atoms with E-state index in [1.54, 1.807) is 14.2 Å². The first kappa shape index (κ1) is 24.0. The molecule has 3 rings (SSSR count). The topological polar surface area (TPSA) is 49.0 Å². The number of hydrogen-bond donors (Lipinski definition) is 1. The molecular formula is C27H37NO4. The molecule has 0 spiro atoms. The number of methoxy groups -OCH3 is 2. The number of nitrogens with one attached hydrogen (secondary N) is 1. The maximum Gasteiger partial charge on any atom is 0.161 e. The number of fused-ring (bicyclic) bond motifs is 1. The van der Waals surface area contributed by atoms with Crippen molar-refractivity contribution in [2.45, 2.75) is 52.0 Å². The van der Waals surface area contributed by atoms with Crippen molar-refractivity contribution in [3.63, 3.8) is 0 Å². The summed E-state index contributed by atoms with van der Waals surface area (Å²) in [5, 5.41) is 3.60. The summed E-state index contributed by atoms with van der Waals surface area (Å²) < 4.78 is 23.0. The van der Waals surface area contributed by atoms with Crippen LogP contribution in [0.15, 0.2) is 36.4 Å². The van der Waals surface area contributed by atoms with Crippen LogP contribution in [0.25, 0.3) is 6.08 Å². The molecule has 0 bridgehead atoms. The van der Waals surface area contributed by atoms with Gasteiger partial charge >= 0.3 is 0 Å². The van der Waals surface area contributed by atoms with Crippen LogP contribution in [0.5, 0.6) is 23.0 Å². The van der Waals surface area contributed by atoms with E-state index in [0.29, 0.717) is 13.2 Å². The minimum Gasteiger partial charge on any atom is -0.493 e. The number of rotatable bonds is 12. The minimum atomic E-state index is 0.115. The van der Waals surface area contributed by atoms with E-state index in [-0.39, 0.29) is 6.04 Å². The van der Waals surface area contributed by atoms with Gasteiger partial charge in [-0.3, -0.25) is 0 Å². The number of unbranched alkanes of at least 4 members (excludes halogenated alkanes) is 2. The second-order valence-corrected chi connectivity index (χ2v) is 8.06. The molecule has 5 heteroatoms. The lowest BCUT2D eigenvalue weighted by Crippen LogP contribution is -2.28. The normalized spacial score (nSPS) is 15.4. The third kappa shape index (κ3) is 6.19. The fourth-order valence-corrected chi connectivity index (χ4v) is 3.81. The summed E-state index contributed by atoms with van der Waals surface area (Å²) >= 11 is 0. The lowest BCUT2D eigenvalue weighted by atomic mass is 9.93. The lowest BCUT2D eigenvalue weighted by molar-refractivity contribution is 0.287. The smallest absolute Gasteiger partial charge is 0.161 e. The minimum absolute atomic E-state index is 0.115. The predicted octanol–water partition coefficient (Wildman–Crippen LogP) is 5.96. The molecule has 32 heavy (non-hydrogen) atoms. The average Bonchev–Trinajstić information content (AvgIpc) is 2.83. The second-order valence-electron chi connectivity index (χ2n) is 8.06. The summed E-state index contributed by atoms with van der Waals surface area (Å²) in [5.41, 5.74) is 3.62. The van der Waals surface area contributed by atoms with Crippen molar-refractivity contribution < 1.29 is 18.9 Å². The maximum atomic E-state index is 5.98. The standard InChI is InChI=1S/C27H37NO4/c1-5-7-15-31-24-12-10-20(17-25(24)29-3)9-11-23-22-19-26(30-4)27(32-16-8-6-2)18-21(22)13-14-28-23/h9-12,17-19,23,28H,5-8,13-16H2,1-4H3/b11-9+. The molecule has 174 valence electrons. The van der Waals surface area contributed by atoms with E-state index in [0.717, 1.165) is 67.2 Å². The Morgan fingerprint density at radius 3 is 2.25 bits per heavy atom. The predicted molar refractivity (Wildman–Crippen MR) is 130 cm³/mol. The van der Waals surface area contributed by atoms with Crippen LogP contribution in [0, 0.1) is 0 Å². The van der Waals surface area contributed by atoms with E-state index in [4.69, 9.17) is 18.9 Å². The average molecular weight is 440 g/mol. The monoisotopic (exact) mass is 439 g/mol. The maximum absolute atomic E-state index is 5.98. The van der Waals surface area contributed by atoms with Gasteiger partial charge in [0.1, 0.15) is 0 Å². The SMILES string of the molecule is CCCCOc1ccc(/C=C/C2NCCc3cc(OCCCC)c(OC)cc32)cc1OC. The molecule has 5 nitrogen and oxygen atoms in total. The Hall–Kier alpha value is -2.66. The highest BCUT2D eigenvalue weighted by Gasteiger charge is 2.21. The van der Waals surface area contributed by atoms with Crippen LogP contribution in [-0.4, -0.2) is 34.0 Å². The molecule has 0 fully saturated rings. The fraction of sp³-hybridized carbons (Fsp3) is 0.481. The largest absolute Gasteiger partial charge is 0.493 e. The van der Waals surface area contributed by atoms with Crippen LogP contribution >= 0.6 is 0 Å². The first-order valence-corrected chi connectivity index (χ1v) is 11.8. The van der Waals surface area contributed by atoms with Gasteiger partial charge in [-0.2, -0.15) is 0 Å². The zero-order valence-electron chi connectivity index (χ0n) is 19.9. The molecule has 0 saturated carbocycles. The van der Waals surface area contributed by atoms with Crippen LogP contribution < -0.4 is 24.3 Å². The number of hydrogen-bond acceptors (Lipinski definition) is 5. The molecule has 2 aromatic carbocycles. The number of benzene rings is 2. The van der Waals surface area contributed by atoms with Crippen LogP contribution in [-0.2, 0) is 6.42 Å². The van der Waals surface area contributed by atoms with Gasteiger partial charge in [0.05, 0.1) is 33.5 Å². The van der Waals surface area contributed by atoms with Crippen LogP contribution in [0.2, 0.25) is 0 Å². The third-order valence-electron chi connectivity index (χ3n) is 5.70. The second kappa shape index (κ2) is 12.4. The summed E-state index contributed by atoms with van der Waals surface area (Å²) in [4.78, 5) is 0. The van der Waals surface area contributed by atoms with Crippen molar-refractivity contribution in [3.05, 3.63) is 53.1 Å². The van der Waals surface area contributed by atoms with Gasteiger partial charge in [0, 0.05) is 6.54 Å². The quantitative estimate of drug-likeness (QED) is 0.413. The van der Waals surface area contributed by atoms with Gasteiger partial charge in [-0.15, -0.1) is 0 Å². The molecule has 0 aromatic heterocycles. The lowest BCUT2D eigenvalue weighted by Gasteiger charge is -2.26. The van der Waals surface area contributed by atoms with E-state index >= 15 is 0 Å². The summed E-state index contributed by atoms with van der Waals surface area (Å²) in [6.07, 6.45) is 9.60. The van der Waals surface area contributed by atoms with Gasteiger partial charge in [0.2, 0.25) is 0 Å². The van der Waals surface area contributed by atoms with Gasteiger partial charge in [0.25, 0.3) is 0 Å². The van der Waals surface area contributed by atoms with E-state index in [1.165, 1.54) is 11.1 Å². The molecule has 0 radical (unpaired) electrons. The fourth-order valence-electron chi connectivity index (χ4n) is 3.81. The van der Waals surface area contributed by atoms with Crippen LogP contribution in [0.3, 0.4) is 0 Å². The van der Waals surface area contributed by atoms with Crippen molar-refractivity contribution >= 4 is 6.08 Å². The van der Waals surface area contributed by atoms with Crippen molar-refractivity contribution in [2.75, 3.05) is 34.0 Å². The summed E-state index contributed by atoms with van der Waals surface area (Å²) in [6.45, 7) is 6.67. The molecule has 1 unspecified atom stereocenters. The molecule has 1 heterocycles. The van der Waals surface area contributed by atoms with E-state index < -0.39 is 0 Å². The zero-order valence-corrected chi connectivity index (χ0v) is 19.9.